The van der Waals surface area contributed by atoms with Crippen molar-refractivity contribution in [3.8, 4) is 0 Å². The van der Waals surface area contributed by atoms with Gasteiger partial charge in [-0.25, -0.2) is 4.98 Å². The molecule has 136 valence electrons. The lowest BCUT2D eigenvalue weighted by molar-refractivity contribution is -0.182. The number of rotatable bonds is 2. The van der Waals surface area contributed by atoms with Crippen LogP contribution in [0.1, 0.15) is 37.9 Å². The van der Waals surface area contributed by atoms with Crippen LogP contribution in [0.2, 0.25) is 0 Å². The third kappa shape index (κ3) is 2.74. The highest BCUT2D eigenvalue weighted by molar-refractivity contribution is 5.81. The summed E-state index contributed by atoms with van der Waals surface area (Å²) in [5.41, 5.74) is -0.561. The summed E-state index contributed by atoms with van der Waals surface area (Å²) in [4.78, 5) is 33.0. The lowest BCUT2D eigenvalue weighted by atomic mass is 9.82. The zero-order valence-corrected chi connectivity index (χ0v) is 15.0. The summed E-state index contributed by atoms with van der Waals surface area (Å²) in [5, 5.41) is 0. The van der Waals surface area contributed by atoms with Crippen LogP contribution in [0.5, 0.6) is 0 Å². The number of fused-ring (bicyclic) bond motifs is 2. The molecule has 3 aliphatic rings. The maximum Gasteiger partial charge on any atom is 0.253 e. The fourth-order valence-electron chi connectivity index (χ4n) is 4.16. The number of likely N-dealkylation sites (tertiary alicyclic amines) is 1. The molecule has 0 aromatic carbocycles. The molecule has 1 spiro atoms. The highest BCUT2D eigenvalue weighted by atomic mass is 16.5. The molecule has 1 atom stereocenters. The van der Waals surface area contributed by atoms with Crippen molar-refractivity contribution in [2.24, 2.45) is 5.92 Å². The Bertz CT molecular complexity index is 672. The Hall–Kier alpha value is -1.89. The molecule has 2 fully saturated rings. The van der Waals surface area contributed by atoms with E-state index in [9.17, 15) is 9.59 Å². The van der Waals surface area contributed by atoms with Crippen LogP contribution in [-0.4, -0.2) is 64.5 Å². The lowest BCUT2D eigenvalue weighted by Gasteiger charge is -2.46. The summed E-state index contributed by atoms with van der Waals surface area (Å²) in [5.74, 6) is 1.39. The normalized spacial score (nSPS) is 25.4. The van der Waals surface area contributed by atoms with Gasteiger partial charge in [0.2, 0.25) is 5.91 Å². The Morgan fingerprint density at radius 3 is 2.60 bits per heavy atom. The molecule has 0 unspecified atom stereocenters. The molecule has 4 rings (SSSR count). The second-order valence-electron chi connectivity index (χ2n) is 7.69. The van der Waals surface area contributed by atoms with E-state index in [-0.39, 0.29) is 11.8 Å². The van der Waals surface area contributed by atoms with Gasteiger partial charge in [-0.05, 0) is 12.8 Å². The summed E-state index contributed by atoms with van der Waals surface area (Å²) in [6.45, 7) is 1.84. The Kier molecular flexibility index (Phi) is 4.06. The Balaban J connectivity index is 1.53. The number of carbonyl (C=O) groups excluding carboxylic acids is 2. The standard InChI is InChI=1S/C18H26N4O3/c1-20(2)16(24)14-12-22-11-8-19-17(22)18(25-14)6-9-21(10-7-18)15(23)13-4-3-5-13/h8,11,13-14H,3-7,9-10,12H2,1-2H3/t14-/m1/s1. The van der Waals surface area contributed by atoms with Gasteiger partial charge >= 0.3 is 0 Å². The third-order valence-corrected chi connectivity index (χ3v) is 5.91. The lowest BCUT2D eigenvalue weighted by Crippen LogP contribution is -2.55. The first kappa shape index (κ1) is 16.6. The average molecular weight is 346 g/mol. The van der Waals surface area contributed by atoms with Gasteiger partial charge in [-0.15, -0.1) is 0 Å². The quantitative estimate of drug-likeness (QED) is 0.801. The number of hydrogen-bond donors (Lipinski definition) is 0. The topological polar surface area (TPSA) is 67.7 Å². The molecule has 25 heavy (non-hydrogen) atoms. The van der Waals surface area contributed by atoms with E-state index in [2.05, 4.69) is 4.98 Å². The van der Waals surface area contributed by atoms with Crippen molar-refractivity contribution in [1.82, 2.24) is 19.4 Å². The minimum Gasteiger partial charge on any atom is -0.352 e. The minimum absolute atomic E-state index is 0.0216. The fraction of sp³-hybridized carbons (Fsp3) is 0.722. The van der Waals surface area contributed by atoms with Gasteiger partial charge in [0.25, 0.3) is 5.91 Å². The molecule has 1 saturated carbocycles. The number of aromatic nitrogens is 2. The molecule has 2 aliphatic heterocycles. The number of piperidine rings is 1. The number of hydrogen-bond acceptors (Lipinski definition) is 4. The maximum atomic E-state index is 12.5. The van der Waals surface area contributed by atoms with E-state index in [0.29, 0.717) is 38.4 Å². The summed E-state index contributed by atoms with van der Waals surface area (Å²) in [6, 6.07) is 0. The van der Waals surface area contributed by atoms with E-state index < -0.39 is 11.7 Å². The van der Waals surface area contributed by atoms with E-state index >= 15 is 0 Å². The van der Waals surface area contributed by atoms with Crippen LogP contribution >= 0.6 is 0 Å². The number of carbonyl (C=O) groups is 2. The number of imidazole rings is 1. The van der Waals surface area contributed by atoms with Crippen LogP contribution in [0.25, 0.3) is 0 Å². The summed E-state index contributed by atoms with van der Waals surface area (Å²) in [7, 11) is 3.50. The van der Waals surface area contributed by atoms with E-state index in [4.69, 9.17) is 4.74 Å². The first-order valence-electron chi connectivity index (χ1n) is 9.19. The van der Waals surface area contributed by atoms with Crippen molar-refractivity contribution in [2.75, 3.05) is 27.2 Å². The zero-order valence-electron chi connectivity index (χ0n) is 15.0. The molecular formula is C18H26N4O3. The SMILES string of the molecule is CN(C)C(=O)[C@H]1Cn2ccnc2C2(CCN(C(=O)C3CCC3)CC2)O1. The molecule has 1 aliphatic carbocycles. The van der Waals surface area contributed by atoms with E-state index in [1.54, 1.807) is 25.2 Å². The highest BCUT2D eigenvalue weighted by Gasteiger charge is 2.48. The Labute approximate surface area is 147 Å². The molecule has 0 radical (unpaired) electrons. The van der Waals surface area contributed by atoms with Gasteiger partial charge in [-0.2, -0.15) is 0 Å². The Morgan fingerprint density at radius 2 is 2.00 bits per heavy atom. The first-order chi connectivity index (χ1) is 12.0. The van der Waals surface area contributed by atoms with Crippen molar-refractivity contribution in [1.29, 1.82) is 0 Å². The first-order valence-corrected chi connectivity index (χ1v) is 9.19. The van der Waals surface area contributed by atoms with Gasteiger partial charge in [-0.1, -0.05) is 6.42 Å². The number of ether oxygens (including phenoxy) is 1. The van der Waals surface area contributed by atoms with Crippen molar-refractivity contribution >= 4 is 11.8 Å². The fourth-order valence-corrected chi connectivity index (χ4v) is 4.16. The molecule has 3 heterocycles. The molecule has 1 saturated heterocycles. The molecular weight excluding hydrogens is 320 g/mol. The van der Waals surface area contributed by atoms with Gasteiger partial charge in [-0.3, -0.25) is 9.59 Å². The highest BCUT2D eigenvalue weighted by Crippen LogP contribution is 2.41. The second kappa shape index (κ2) is 6.12. The molecule has 0 bridgehead atoms. The van der Waals surface area contributed by atoms with E-state index in [1.807, 2.05) is 15.7 Å². The second-order valence-corrected chi connectivity index (χ2v) is 7.69. The van der Waals surface area contributed by atoms with Crippen LogP contribution in [0.15, 0.2) is 12.4 Å². The molecule has 1 aromatic rings. The molecule has 0 N–H and O–H groups in total. The zero-order chi connectivity index (χ0) is 17.6. The molecule has 7 heteroatoms. The number of amides is 2. The van der Waals surface area contributed by atoms with E-state index in [0.717, 1.165) is 18.7 Å². The Morgan fingerprint density at radius 1 is 1.28 bits per heavy atom. The van der Waals surface area contributed by atoms with Crippen molar-refractivity contribution in [2.45, 2.75) is 50.4 Å². The van der Waals surface area contributed by atoms with Crippen molar-refractivity contribution < 1.29 is 14.3 Å². The monoisotopic (exact) mass is 346 g/mol. The van der Waals surface area contributed by atoms with Gasteiger partial charge in [0.1, 0.15) is 11.4 Å². The van der Waals surface area contributed by atoms with Crippen molar-refractivity contribution in [3.05, 3.63) is 18.2 Å². The summed E-state index contributed by atoms with van der Waals surface area (Å²) < 4.78 is 8.38. The van der Waals surface area contributed by atoms with Gasteiger partial charge in [0.15, 0.2) is 6.10 Å². The molecule has 7 nitrogen and oxygen atoms in total. The predicted octanol–water partition coefficient (Wildman–Crippen LogP) is 0.988. The predicted molar refractivity (Wildman–Crippen MR) is 90.6 cm³/mol. The van der Waals surface area contributed by atoms with Gasteiger partial charge < -0.3 is 19.1 Å². The third-order valence-electron chi connectivity index (χ3n) is 5.91. The van der Waals surface area contributed by atoms with Crippen LogP contribution < -0.4 is 0 Å². The van der Waals surface area contributed by atoms with Crippen LogP contribution in [-0.2, 0) is 26.5 Å². The minimum atomic E-state index is -0.561. The average Bonchev–Trinajstić information content (AvgIpc) is 3.02. The number of nitrogens with zero attached hydrogens (tertiary/aromatic N) is 4. The van der Waals surface area contributed by atoms with Gasteiger partial charge in [0, 0.05) is 58.3 Å². The van der Waals surface area contributed by atoms with Crippen LogP contribution in [0, 0.1) is 5.92 Å². The molecule has 1 aromatic heterocycles. The summed E-state index contributed by atoms with van der Waals surface area (Å²) in [6.07, 6.45) is 7.81. The number of likely N-dealkylation sites (N-methyl/N-ethyl adjacent to an activating group) is 1. The largest absolute Gasteiger partial charge is 0.352 e. The summed E-state index contributed by atoms with van der Waals surface area (Å²) >= 11 is 0. The maximum absolute atomic E-state index is 12.5. The van der Waals surface area contributed by atoms with Crippen LogP contribution in [0.3, 0.4) is 0 Å². The van der Waals surface area contributed by atoms with Gasteiger partial charge in [0.05, 0.1) is 6.54 Å². The molecule has 2 amide bonds. The van der Waals surface area contributed by atoms with Crippen molar-refractivity contribution in [3.63, 3.8) is 0 Å². The van der Waals surface area contributed by atoms with E-state index in [1.165, 1.54) is 6.42 Å². The van der Waals surface area contributed by atoms with Crippen LogP contribution in [0.4, 0.5) is 0 Å². The smallest absolute Gasteiger partial charge is 0.253 e.